The summed E-state index contributed by atoms with van der Waals surface area (Å²) >= 11 is 0. The maximum Gasteiger partial charge on any atom is 0.215 e. The molecule has 0 saturated heterocycles. The summed E-state index contributed by atoms with van der Waals surface area (Å²) in [5, 5.41) is 18.5. The maximum absolute atomic E-state index is 9.33. The quantitative estimate of drug-likeness (QED) is 0.605. The van der Waals surface area contributed by atoms with Crippen molar-refractivity contribution in [2.24, 2.45) is 0 Å². The number of ether oxygens (including phenoxy) is 1. The van der Waals surface area contributed by atoms with Crippen LogP contribution in [0, 0.1) is 13.8 Å². The van der Waals surface area contributed by atoms with Crippen molar-refractivity contribution in [2.75, 3.05) is 0 Å². The average Bonchev–Trinajstić information content (AvgIpc) is 1.97. The van der Waals surface area contributed by atoms with Crippen molar-refractivity contribution in [2.45, 2.75) is 13.8 Å². The number of fused-ring (bicyclic) bond motifs is 2. The summed E-state index contributed by atoms with van der Waals surface area (Å²) in [4.78, 5) is 0. The maximum atomic E-state index is 9.33. The van der Waals surface area contributed by atoms with Crippen LogP contribution >= 0.6 is 0 Å². The lowest BCUT2D eigenvalue weighted by Crippen LogP contribution is -2.02. The molecule has 0 unspecified atom stereocenters. The molecule has 2 heterocycles. The van der Waals surface area contributed by atoms with Gasteiger partial charge in [-0.1, -0.05) is 0 Å². The van der Waals surface area contributed by atoms with Gasteiger partial charge < -0.3 is 14.9 Å². The van der Waals surface area contributed by atoms with Gasteiger partial charge in [-0.3, -0.25) is 0 Å². The molecule has 3 nitrogen and oxygen atoms in total. The van der Waals surface area contributed by atoms with Crippen LogP contribution in [-0.2, 0) is 0 Å². The number of hydrogen-bond acceptors (Lipinski definition) is 3. The summed E-state index contributed by atoms with van der Waals surface area (Å²) in [5.41, 5.74) is 1.58. The van der Waals surface area contributed by atoms with Crippen LogP contribution in [0.15, 0.2) is 0 Å². The van der Waals surface area contributed by atoms with Crippen molar-refractivity contribution < 1.29 is 14.9 Å². The van der Waals surface area contributed by atoms with Crippen LogP contribution < -0.4 is 4.74 Å². The van der Waals surface area contributed by atoms with E-state index < -0.39 is 0 Å². The molecule has 0 saturated carbocycles. The van der Waals surface area contributed by atoms with Crippen LogP contribution in [0.5, 0.6) is 23.0 Å². The van der Waals surface area contributed by atoms with E-state index >= 15 is 0 Å². The fourth-order valence-electron chi connectivity index (χ4n) is 1.19. The lowest BCUT2D eigenvalue weighted by atomic mass is 10.0. The van der Waals surface area contributed by atoms with E-state index in [1.165, 1.54) is 0 Å². The Morgan fingerprint density at radius 1 is 0.909 bits per heavy atom. The first-order valence-electron chi connectivity index (χ1n) is 3.36. The second-order valence-corrected chi connectivity index (χ2v) is 2.71. The van der Waals surface area contributed by atoms with E-state index in [-0.39, 0.29) is 17.2 Å². The molecule has 0 aromatic heterocycles. The van der Waals surface area contributed by atoms with Gasteiger partial charge in [-0.2, -0.15) is 0 Å². The standard InChI is InChI=1S/C8H8O3/c1-3-4(2)7-6(10)8(11-7)5(3)9/h9-10H,1-2H3. The third-order valence-electron chi connectivity index (χ3n) is 2.11. The van der Waals surface area contributed by atoms with E-state index in [1.807, 2.05) is 0 Å². The Hall–Kier alpha value is -1.38. The molecule has 3 heteroatoms. The Morgan fingerprint density at radius 2 is 1.55 bits per heavy atom. The molecule has 2 N–H and O–H groups in total. The topological polar surface area (TPSA) is 49.7 Å². The molecule has 2 aliphatic rings. The first-order valence-corrected chi connectivity index (χ1v) is 3.36. The minimum Gasteiger partial charge on any atom is -0.504 e. The first kappa shape index (κ1) is 6.34. The molecule has 0 atom stereocenters. The van der Waals surface area contributed by atoms with Crippen molar-refractivity contribution in [3.8, 4) is 23.0 Å². The predicted molar refractivity (Wildman–Crippen MR) is 39.3 cm³/mol. The summed E-state index contributed by atoms with van der Waals surface area (Å²) in [6.07, 6.45) is 0. The number of hydrogen-bond donors (Lipinski definition) is 2. The molecule has 1 aromatic carbocycles. The van der Waals surface area contributed by atoms with Crippen LogP contribution in [0.2, 0.25) is 0 Å². The third-order valence-corrected chi connectivity index (χ3v) is 2.11. The van der Waals surface area contributed by atoms with Gasteiger partial charge in [0.15, 0.2) is 11.5 Å². The van der Waals surface area contributed by atoms with Gasteiger partial charge in [0.2, 0.25) is 11.5 Å². The molecule has 0 aliphatic carbocycles. The summed E-state index contributed by atoms with van der Waals surface area (Å²) in [7, 11) is 0. The van der Waals surface area contributed by atoms with Gasteiger partial charge in [-0.25, -0.2) is 0 Å². The Kier molecular flexibility index (Phi) is 0.929. The van der Waals surface area contributed by atoms with Crippen LogP contribution in [0.4, 0.5) is 0 Å². The zero-order chi connectivity index (χ0) is 8.17. The molecule has 58 valence electrons. The number of phenols is 2. The molecular formula is C8H8O3. The molecule has 11 heavy (non-hydrogen) atoms. The lowest BCUT2D eigenvalue weighted by molar-refractivity contribution is 0.307. The van der Waals surface area contributed by atoms with Crippen molar-refractivity contribution in [1.29, 1.82) is 0 Å². The predicted octanol–water partition coefficient (Wildman–Crippen LogP) is 1.82. The minimum absolute atomic E-state index is 0.0509. The molecule has 0 spiro atoms. The highest BCUT2D eigenvalue weighted by molar-refractivity contribution is 5.72. The van der Waals surface area contributed by atoms with Gasteiger partial charge in [0.05, 0.1) is 0 Å². The molecule has 1 aromatic rings. The monoisotopic (exact) mass is 152 g/mol. The van der Waals surface area contributed by atoms with Gasteiger partial charge in [-0.05, 0) is 13.8 Å². The van der Waals surface area contributed by atoms with Crippen molar-refractivity contribution >= 4 is 0 Å². The highest BCUT2D eigenvalue weighted by Gasteiger charge is 2.30. The van der Waals surface area contributed by atoms with Gasteiger partial charge in [-0.15, -0.1) is 0 Å². The second-order valence-electron chi connectivity index (χ2n) is 2.71. The second kappa shape index (κ2) is 1.61. The summed E-state index contributed by atoms with van der Waals surface area (Å²) in [5.74, 6) is 0.832. The fourth-order valence-corrected chi connectivity index (χ4v) is 1.19. The summed E-state index contributed by atoms with van der Waals surface area (Å²) in [6.45, 7) is 3.59. The van der Waals surface area contributed by atoms with Gasteiger partial charge in [0, 0.05) is 11.1 Å². The molecular weight excluding hydrogens is 144 g/mol. The Balaban J connectivity index is 2.81. The van der Waals surface area contributed by atoms with Gasteiger partial charge in [0.1, 0.15) is 0 Å². The van der Waals surface area contributed by atoms with Gasteiger partial charge >= 0.3 is 0 Å². The third kappa shape index (κ3) is 0.533. The molecule has 2 bridgehead atoms. The van der Waals surface area contributed by atoms with E-state index in [0.717, 1.165) is 11.1 Å². The summed E-state index contributed by atoms with van der Waals surface area (Å²) < 4.78 is 4.98. The van der Waals surface area contributed by atoms with E-state index in [2.05, 4.69) is 0 Å². The molecule has 3 rings (SSSR count). The van der Waals surface area contributed by atoms with Crippen LogP contribution in [0.25, 0.3) is 0 Å². The first-order chi connectivity index (χ1) is 5.13. The Bertz CT molecular complexity index is 305. The van der Waals surface area contributed by atoms with Crippen LogP contribution in [0.3, 0.4) is 0 Å². The number of rotatable bonds is 0. The minimum atomic E-state index is 0.0509. The van der Waals surface area contributed by atoms with Crippen LogP contribution in [0.1, 0.15) is 11.1 Å². The smallest absolute Gasteiger partial charge is 0.215 e. The molecule has 2 aliphatic heterocycles. The number of phenolic OH excluding ortho intramolecular Hbond substituents is 2. The largest absolute Gasteiger partial charge is 0.504 e. The lowest BCUT2D eigenvalue weighted by Gasteiger charge is -2.24. The van der Waals surface area contributed by atoms with E-state index in [1.54, 1.807) is 13.8 Å². The van der Waals surface area contributed by atoms with E-state index in [4.69, 9.17) is 4.74 Å². The average molecular weight is 152 g/mol. The SMILES string of the molecule is Cc1c(C)c2c(O)c(c1O)O2. The Morgan fingerprint density at radius 3 is 2.00 bits per heavy atom. The number of aromatic hydroxyl groups is 2. The normalized spacial score (nSPS) is 12.2. The van der Waals surface area contributed by atoms with Crippen molar-refractivity contribution in [3.63, 3.8) is 0 Å². The van der Waals surface area contributed by atoms with Crippen molar-refractivity contribution in [3.05, 3.63) is 11.1 Å². The zero-order valence-electron chi connectivity index (χ0n) is 6.30. The Labute approximate surface area is 63.9 Å². The molecule has 0 fully saturated rings. The van der Waals surface area contributed by atoms with Gasteiger partial charge in [0.25, 0.3) is 0 Å². The fraction of sp³-hybridized carbons (Fsp3) is 0.250. The van der Waals surface area contributed by atoms with E-state index in [9.17, 15) is 10.2 Å². The summed E-state index contributed by atoms with van der Waals surface area (Å²) in [6, 6.07) is 0. The highest BCUT2D eigenvalue weighted by Crippen LogP contribution is 2.58. The molecule has 0 radical (unpaired) electrons. The van der Waals surface area contributed by atoms with Crippen molar-refractivity contribution in [1.82, 2.24) is 0 Å². The highest BCUT2D eigenvalue weighted by atomic mass is 16.5. The van der Waals surface area contributed by atoms with Crippen LogP contribution in [-0.4, -0.2) is 10.2 Å². The zero-order valence-corrected chi connectivity index (χ0v) is 6.30. The van der Waals surface area contributed by atoms with E-state index in [0.29, 0.717) is 5.75 Å². The number of benzene rings is 1. The molecule has 0 amide bonds.